The molecule has 3 amide bonds. The minimum absolute atomic E-state index is 0.0400. The largest absolute Gasteiger partial charge is 0.492 e. The maximum Gasteiger partial charge on any atom is 0.226 e. The first-order chi connectivity index (χ1) is 22.6. The Labute approximate surface area is 278 Å². The minimum atomic E-state index is -0.0642. The first-order valence-corrected chi connectivity index (χ1v) is 17.1. The van der Waals surface area contributed by atoms with Crippen LogP contribution in [-0.4, -0.2) is 41.4 Å². The number of rotatable bonds is 14. The van der Waals surface area contributed by atoms with Crippen molar-refractivity contribution in [2.24, 2.45) is 16.7 Å². The highest BCUT2D eigenvalue weighted by Crippen LogP contribution is 2.66. The summed E-state index contributed by atoms with van der Waals surface area (Å²) in [6.07, 6.45) is 10.5. The molecule has 4 fully saturated rings. The van der Waals surface area contributed by atoms with Crippen molar-refractivity contribution in [3.05, 3.63) is 84.2 Å². The number of benzene rings is 2. The predicted molar refractivity (Wildman–Crippen MR) is 182 cm³/mol. The molecule has 1 aromatic heterocycles. The van der Waals surface area contributed by atoms with E-state index in [0.29, 0.717) is 61.2 Å². The Morgan fingerprint density at radius 3 is 2.17 bits per heavy atom. The van der Waals surface area contributed by atoms with Gasteiger partial charge in [-0.2, -0.15) is 0 Å². The molecule has 4 saturated carbocycles. The summed E-state index contributed by atoms with van der Waals surface area (Å²) >= 11 is 0. The van der Waals surface area contributed by atoms with Crippen LogP contribution < -0.4 is 20.7 Å². The quantitative estimate of drug-likeness (QED) is 0.184. The summed E-state index contributed by atoms with van der Waals surface area (Å²) in [7, 11) is 0. The molecule has 1 heterocycles. The molecule has 0 saturated heterocycles. The van der Waals surface area contributed by atoms with Gasteiger partial charge in [0.1, 0.15) is 12.4 Å². The summed E-state index contributed by atoms with van der Waals surface area (Å²) in [6, 6.07) is 21.4. The molecular formula is C39H48N4O4. The lowest BCUT2D eigenvalue weighted by Crippen LogP contribution is -2.65. The van der Waals surface area contributed by atoms with E-state index in [9.17, 15) is 14.4 Å². The minimum Gasteiger partial charge on any atom is -0.492 e. The van der Waals surface area contributed by atoms with Crippen LogP contribution in [0.1, 0.15) is 82.9 Å². The Balaban J connectivity index is 0.853. The lowest BCUT2D eigenvalue weighted by atomic mass is 9.43. The lowest BCUT2D eigenvalue weighted by Gasteiger charge is -2.65. The summed E-state index contributed by atoms with van der Waals surface area (Å²) in [5.74, 6) is 1.42. The second kappa shape index (κ2) is 13.9. The third-order valence-electron chi connectivity index (χ3n) is 10.2. The van der Waals surface area contributed by atoms with E-state index < -0.39 is 0 Å². The molecule has 2 unspecified atom stereocenters. The molecule has 2 aromatic carbocycles. The maximum absolute atomic E-state index is 12.9. The highest BCUT2D eigenvalue weighted by molar-refractivity contribution is 5.79. The monoisotopic (exact) mass is 636 g/mol. The van der Waals surface area contributed by atoms with Crippen molar-refractivity contribution < 1.29 is 19.1 Å². The number of aromatic nitrogens is 1. The van der Waals surface area contributed by atoms with E-state index in [1.54, 1.807) is 6.20 Å². The average Bonchev–Trinajstić information content (AvgIpc) is 3.01. The lowest BCUT2D eigenvalue weighted by molar-refractivity contribution is -0.139. The SMILES string of the molecule is CC12CC3CC(C)(C1)CC(NC(=O)CCCC(=O)NCCOc1ccc(-c4ccc(CC(=O)NCc5ccccc5)nc4)cc1)(C3)C2. The van der Waals surface area contributed by atoms with E-state index in [4.69, 9.17) is 4.74 Å². The van der Waals surface area contributed by atoms with E-state index in [1.165, 1.54) is 19.3 Å². The van der Waals surface area contributed by atoms with Crippen LogP contribution in [0.2, 0.25) is 0 Å². The number of nitrogens with zero attached hydrogens (tertiary/aromatic N) is 1. The first-order valence-electron chi connectivity index (χ1n) is 17.1. The van der Waals surface area contributed by atoms with E-state index >= 15 is 0 Å². The van der Waals surface area contributed by atoms with E-state index in [2.05, 4.69) is 34.8 Å². The number of carbonyl (C=O) groups excluding carboxylic acids is 3. The molecule has 0 spiro atoms. The zero-order valence-electron chi connectivity index (χ0n) is 27.8. The highest BCUT2D eigenvalue weighted by atomic mass is 16.5. The van der Waals surface area contributed by atoms with Crippen LogP contribution >= 0.6 is 0 Å². The van der Waals surface area contributed by atoms with Gasteiger partial charge in [-0.1, -0.05) is 62.4 Å². The second-order valence-electron chi connectivity index (χ2n) is 15.0. The van der Waals surface area contributed by atoms with Gasteiger partial charge < -0.3 is 20.7 Å². The molecule has 2 atom stereocenters. The third kappa shape index (κ3) is 8.59. The number of hydrogen-bond acceptors (Lipinski definition) is 5. The summed E-state index contributed by atoms with van der Waals surface area (Å²) in [5.41, 5.74) is 4.40. The Kier molecular flexibility index (Phi) is 9.67. The van der Waals surface area contributed by atoms with Crippen molar-refractivity contribution in [3.63, 3.8) is 0 Å². The Morgan fingerprint density at radius 2 is 1.49 bits per heavy atom. The molecular weight excluding hydrogens is 588 g/mol. The van der Waals surface area contributed by atoms with Gasteiger partial charge in [0.25, 0.3) is 0 Å². The topological polar surface area (TPSA) is 109 Å². The van der Waals surface area contributed by atoms with Crippen LogP contribution in [0, 0.1) is 16.7 Å². The molecule has 248 valence electrons. The number of carbonyl (C=O) groups is 3. The van der Waals surface area contributed by atoms with Crippen LogP contribution in [0.3, 0.4) is 0 Å². The van der Waals surface area contributed by atoms with Crippen LogP contribution in [0.15, 0.2) is 72.9 Å². The zero-order chi connectivity index (χ0) is 32.9. The van der Waals surface area contributed by atoms with Crippen LogP contribution in [0.5, 0.6) is 5.75 Å². The van der Waals surface area contributed by atoms with Gasteiger partial charge in [-0.15, -0.1) is 0 Å². The molecule has 7 rings (SSSR count). The third-order valence-corrected chi connectivity index (χ3v) is 10.2. The number of pyridine rings is 1. The molecule has 47 heavy (non-hydrogen) atoms. The standard InChI is InChI=1S/C39H48N4O4/c1-37-20-29-21-38(2,25-37)27-39(22-29,26-37)43-35(45)10-6-9-34(44)40-17-18-47-33-15-12-30(13-16-33)31-11-14-32(41-24-31)19-36(46)42-23-28-7-4-3-5-8-28/h3-5,7-8,11-16,24,29H,6,9-10,17-23,25-27H2,1-2H3,(H,40,44)(H,42,46)(H,43,45). The van der Waals surface area contributed by atoms with Gasteiger partial charge in [0.05, 0.1) is 13.0 Å². The fraction of sp³-hybridized carbons (Fsp3) is 0.487. The first kappa shape index (κ1) is 32.7. The van der Waals surface area contributed by atoms with Crippen LogP contribution in [0.25, 0.3) is 11.1 Å². The number of hydrogen-bond donors (Lipinski definition) is 3. The van der Waals surface area contributed by atoms with Gasteiger partial charge >= 0.3 is 0 Å². The molecule has 4 aliphatic rings. The molecule has 3 aromatic rings. The van der Waals surface area contributed by atoms with Crippen LogP contribution in [0.4, 0.5) is 0 Å². The Morgan fingerprint density at radius 1 is 0.787 bits per heavy atom. The fourth-order valence-electron chi connectivity index (χ4n) is 9.27. The van der Waals surface area contributed by atoms with Gasteiger partial charge in [-0.25, -0.2) is 0 Å². The Bertz CT molecular complexity index is 1540. The van der Waals surface area contributed by atoms with Crippen molar-refractivity contribution in [2.75, 3.05) is 13.2 Å². The highest BCUT2D eigenvalue weighted by Gasteiger charge is 2.60. The molecule has 4 bridgehead atoms. The fourth-order valence-corrected chi connectivity index (χ4v) is 9.27. The Hall–Kier alpha value is -4.20. The molecule has 8 heteroatoms. The van der Waals surface area contributed by atoms with E-state index in [1.807, 2.05) is 66.7 Å². The summed E-state index contributed by atoms with van der Waals surface area (Å²) in [5, 5.41) is 9.28. The van der Waals surface area contributed by atoms with E-state index in [-0.39, 0.29) is 29.7 Å². The number of amides is 3. The van der Waals surface area contributed by atoms with Gasteiger partial charge in [0, 0.05) is 42.4 Å². The van der Waals surface area contributed by atoms with E-state index in [0.717, 1.165) is 41.9 Å². The number of nitrogens with one attached hydrogen (secondary N) is 3. The smallest absolute Gasteiger partial charge is 0.226 e. The van der Waals surface area contributed by atoms with Crippen molar-refractivity contribution in [3.8, 4) is 16.9 Å². The predicted octanol–water partition coefficient (Wildman–Crippen LogP) is 6.14. The van der Waals surface area contributed by atoms with Gasteiger partial charge in [0.15, 0.2) is 0 Å². The summed E-state index contributed by atoms with van der Waals surface area (Å²) in [4.78, 5) is 42.0. The van der Waals surface area contributed by atoms with Crippen molar-refractivity contribution in [1.82, 2.24) is 20.9 Å². The summed E-state index contributed by atoms with van der Waals surface area (Å²) < 4.78 is 5.82. The molecule has 8 nitrogen and oxygen atoms in total. The molecule has 3 N–H and O–H groups in total. The van der Waals surface area contributed by atoms with Gasteiger partial charge in [-0.05, 0) is 91.0 Å². The normalized spacial score (nSPS) is 25.6. The van der Waals surface area contributed by atoms with Crippen molar-refractivity contribution in [1.29, 1.82) is 0 Å². The number of ether oxygens (including phenoxy) is 1. The second-order valence-corrected chi connectivity index (χ2v) is 15.0. The maximum atomic E-state index is 12.9. The summed E-state index contributed by atoms with van der Waals surface area (Å²) in [6.45, 7) is 6.08. The van der Waals surface area contributed by atoms with Crippen molar-refractivity contribution >= 4 is 17.7 Å². The van der Waals surface area contributed by atoms with Gasteiger partial charge in [0.2, 0.25) is 17.7 Å². The average molecular weight is 637 g/mol. The van der Waals surface area contributed by atoms with Gasteiger partial charge in [-0.3, -0.25) is 19.4 Å². The molecule has 0 aliphatic heterocycles. The molecule has 4 aliphatic carbocycles. The van der Waals surface area contributed by atoms with Crippen molar-refractivity contribution in [2.45, 2.75) is 90.1 Å². The zero-order valence-corrected chi connectivity index (χ0v) is 27.8. The van der Waals surface area contributed by atoms with Crippen LogP contribution in [-0.2, 0) is 27.3 Å². The molecule has 0 radical (unpaired) electrons.